The molecule has 0 fully saturated rings. The van der Waals surface area contributed by atoms with Crippen LogP contribution in [0.5, 0.6) is 0 Å². The van der Waals surface area contributed by atoms with E-state index in [-0.39, 0.29) is 38.8 Å². The van der Waals surface area contributed by atoms with E-state index in [9.17, 15) is 14.3 Å². The van der Waals surface area contributed by atoms with Crippen LogP contribution in [0.3, 0.4) is 0 Å². The molecule has 0 aromatic heterocycles. The zero-order chi connectivity index (χ0) is 44.4. The third-order valence-corrected chi connectivity index (χ3v) is 11.0. The summed E-state index contributed by atoms with van der Waals surface area (Å²) < 4.78 is 33.5. The van der Waals surface area contributed by atoms with Crippen molar-refractivity contribution in [2.75, 3.05) is 33.0 Å². The first-order chi connectivity index (χ1) is 29.9. The van der Waals surface area contributed by atoms with Gasteiger partial charge >= 0.3 is 13.8 Å². The van der Waals surface area contributed by atoms with Gasteiger partial charge in [0.05, 0.1) is 19.8 Å². The number of carbonyl (C=O) groups excluding carboxylic acids is 1. The van der Waals surface area contributed by atoms with Crippen molar-refractivity contribution in [3.8, 4) is 0 Å². The smallest absolute Gasteiger partial charge is 0.457 e. The topological polar surface area (TPSA) is 117 Å². The van der Waals surface area contributed by atoms with Crippen LogP contribution < -0.4 is 5.73 Å². The number of nitrogens with two attached hydrogens (primary N) is 1. The summed E-state index contributed by atoms with van der Waals surface area (Å²) in [6, 6.07) is 0. The van der Waals surface area contributed by atoms with E-state index in [0.717, 1.165) is 83.5 Å². The second-order valence-electron chi connectivity index (χ2n) is 15.9. The number of esters is 1. The number of phosphoric ester groups is 1. The van der Waals surface area contributed by atoms with Crippen molar-refractivity contribution in [2.45, 2.75) is 206 Å². The van der Waals surface area contributed by atoms with Crippen molar-refractivity contribution in [3.05, 3.63) is 85.1 Å². The van der Waals surface area contributed by atoms with Gasteiger partial charge in [0.15, 0.2) is 0 Å². The van der Waals surface area contributed by atoms with Gasteiger partial charge in [-0.25, -0.2) is 4.57 Å². The van der Waals surface area contributed by atoms with Crippen molar-refractivity contribution in [1.29, 1.82) is 0 Å². The van der Waals surface area contributed by atoms with Gasteiger partial charge in [-0.2, -0.15) is 0 Å². The fourth-order valence-electron chi connectivity index (χ4n) is 6.47. The van der Waals surface area contributed by atoms with Crippen molar-refractivity contribution < 1.29 is 32.8 Å². The molecule has 61 heavy (non-hydrogen) atoms. The SMILES string of the molecule is CC/C=C\C/C=C\C/C=C\C/C=C\C/C=C\C/C=C\CCCCCCC(=O)OC(COCCCCCCCCCC/C=C\CCCCCCCCC)COP(=O)(O)OCCN. The summed E-state index contributed by atoms with van der Waals surface area (Å²) in [5.41, 5.74) is 5.38. The molecule has 0 saturated heterocycles. The monoisotopic (exact) mass is 874 g/mol. The van der Waals surface area contributed by atoms with Gasteiger partial charge in [-0.15, -0.1) is 0 Å². The largest absolute Gasteiger partial charge is 0.472 e. The highest BCUT2D eigenvalue weighted by molar-refractivity contribution is 7.47. The molecule has 0 rings (SSSR count). The van der Waals surface area contributed by atoms with E-state index in [0.29, 0.717) is 6.61 Å². The highest BCUT2D eigenvalue weighted by atomic mass is 31.2. The summed E-state index contributed by atoms with van der Waals surface area (Å²) in [6.45, 7) is 4.76. The molecule has 0 heterocycles. The fraction of sp³-hybridized carbons (Fsp3) is 0.712. The Bertz CT molecular complexity index is 1210. The van der Waals surface area contributed by atoms with Gasteiger partial charge in [0.25, 0.3) is 0 Å². The highest BCUT2D eigenvalue weighted by Crippen LogP contribution is 2.43. The molecule has 0 amide bonds. The van der Waals surface area contributed by atoms with Gasteiger partial charge in [-0.05, 0) is 89.9 Å². The second-order valence-corrected chi connectivity index (χ2v) is 17.4. The molecular formula is C52H92NO7P. The van der Waals surface area contributed by atoms with Gasteiger partial charge < -0.3 is 20.1 Å². The fourth-order valence-corrected chi connectivity index (χ4v) is 7.23. The summed E-state index contributed by atoms with van der Waals surface area (Å²) in [5.74, 6) is -0.357. The summed E-state index contributed by atoms with van der Waals surface area (Å²) >= 11 is 0. The number of ether oxygens (including phenoxy) is 2. The number of hydrogen-bond acceptors (Lipinski definition) is 7. The molecule has 0 aromatic rings. The highest BCUT2D eigenvalue weighted by Gasteiger charge is 2.25. The molecule has 0 saturated carbocycles. The Morgan fingerprint density at radius 3 is 1.39 bits per heavy atom. The van der Waals surface area contributed by atoms with Crippen molar-refractivity contribution in [1.82, 2.24) is 0 Å². The van der Waals surface area contributed by atoms with Crippen LogP contribution in [0.2, 0.25) is 0 Å². The van der Waals surface area contributed by atoms with E-state index in [1.807, 2.05) is 0 Å². The number of rotatable bonds is 46. The first-order valence-corrected chi connectivity index (χ1v) is 26.1. The van der Waals surface area contributed by atoms with E-state index in [4.69, 9.17) is 24.3 Å². The normalized spacial score (nSPS) is 14.1. The van der Waals surface area contributed by atoms with Crippen LogP contribution in [0.1, 0.15) is 200 Å². The molecule has 0 aliphatic heterocycles. The van der Waals surface area contributed by atoms with Gasteiger partial charge in [0.1, 0.15) is 6.10 Å². The lowest BCUT2D eigenvalue weighted by molar-refractivity contribution is -0.154. The zero-order valence-corrected chi connectivity index (χ0v) is 40.0. The maximum atomic E-state index is 12.6. The first kappa shape index (κ1) is 58.7. The summed E-state index contributed by atoms with van der Waals surface area (Å²) in [4.78, 5) is 22.6. The van der Waals surface area contributed by atoms with Crippen LogP contribution in [0.4, 0.5) is 0 Å². The maximum absolute atomic E-state index is 12.6. The average Bonchev–Trinajstić information content (AvgIpc) is 3.25. The van der Waals surface area contributed by atoms with Crippen LogP contribution in [0.25, 0.3) is 0 Å². The third kappa shape index (κ3) is 48.6. The lowest BCUT2D eigenvalue weighted by Gasteiger charge is -2.20. The Labute approximate surface area is 375 Å². The Balaban J connectivity index is 4.06. The first-order valence-electron chi connectivity index (χ1n) is 24.6. The predicted molar refractivity (Wildman–Crippen MR) is 261 cm³/mol. The van der Waals surface area contributed by atoms with Crippen molar-refractivity contribution >= 4 is 13.8 Å². The van der Waals surface area contributed by atoms with E-state index in [1.54, 1.807) is 0 Å². The molecular weight excluding hydrogens is 782 g/mol. The van der Waals surface area contributed by atoms with Gasteiger partial charge in [-0.1, -0.05) is 189 Å². The maximum Gasteiger partial charge on any atom is 0.472 e. The zero-order valence-electron chi connectivity index (χ0n) is 39.1. The number of carbonyl (C=O) groups is 1. The number of allylic oxidation sites excluding steroid dienone is 14. The van der Waals surface area contributed by atoms with E-state index in [2.05, 4.69) is 98.9 Å². The van der Waals surface area contributed by atoms with Crippen LogP contribution in [0, 0.1) is 0 Å². The second kappa shape index (κ2) is 48.7. The quantitative estimate of drug-likeness (QED) is 0.0269. The number of unbranched alkanes of at least 4 members (excludes halogenated alkanes) is 19. The third-order valence-electron chi connectivity index (χ3n) is 10.0. The van der Waals surface area contributed by atoms with E-state index >= 15 is 0 Å². The Hall–Kier alpha value is -2.32. The van der Waals surface area contributed by atoms with E-state index < -0.39 is 13.9 Å². The number of phosphoric acid groups is 1. The van der Waals surface area contributed by atoms with Gasteiger partial charge in [0, 0.05) is 19.6 Å². The predicted octanol–water partition coefficient (Wildman–Crippen LogP) is 15.3. The van der Waals surface area contributed by atoms with Crippen molar-refractivity contribution in [2.24, 2.45) is 5.73 Å². The molecule has 0 aliphatic carbocycles. The molecule has 0 radical (unpaired) electrons. The standard InChI is InChI=1S/C52H92NO7P/c1-3-5-7-9-11-13-15-17-19-21-23-24-25-26-27-29-31-33-35-37-39-41-43-45-52(54)60-51(50-59-61(55,56)58-48-46-53)49-57-47-44-42-40-38-36-34-32-30-28-22-20-18-16-14-12-10-8-6-4-2/h5,7,11,13,17,19-20,22-24,26-27,31,33,51H,3-4,6,8-10,12,14-16,18,21,25,28-30,32,34-50,53H2,1-2H3,(H,55,56)/b7-5-,13-11-,19-17-,22-20-,24-23-,27-26-,33-31-. The van der Waals surface area contributed by atoms with Gasteiger partial charge in [0.2, 0.25) is 0 Å². The summed E-state index contributed by atoms with van der Waals surface area (Å²) in [7, 11) is -4.30. The van der Waals surface area contributed by atoms with E-state index in [1.165, 1.54) is 96.3 Å². The summed E-state index contributed by atoms with van der Waals surface area (Å²) in [5, 5.41) is 0. The minimum absolute atomic E-state index is 0.0911. The van der Waals surface area contributed by atoms with Gasteiger partial charge in [-0.3, -0.25) is 13.8 Å². The van der Waals surface area contributed by atoms with Crippen LogP contribution in [-0.2, 0) is 27.9 Å². The molecule has 9 heteroatoms. The molecule has 2 unspecified atom stereocenters. The minimum atomic E-state index is -4.30. The molecule has 352 valence electrons. The lowest BCUT2D eigenvalue weighted by Crippen LogP contribution is -2.28. The molecule has 3 N–H and O–H groups in total. The van der Waals surface area contributed by atoms with Crippen molar-refractivity contribution in [3.63, 3.8) is 0 Å². The van der Waals surface area contributed by atoms with Crippen LogP contribution >= 0.6 is 7.82 Å². The van der Waals surface area contributed by atoms with Crippen LogP contribution in [-0.4, -0.2) is 49.9 Å². The Kier molecular flexibility index (Phi) is 46.9. The molecule has 0 aliphatic rings. The average molecular weight is 874 g/mol. The molecule has 2 atom stereocenters. The molecule has 0 aromatic carbocycles. The molecule has 0 bridgehead atoms. The molecule has 0 spiro atoms. The minimum Gasteiger partial charge on any atom is -0.457 e. The lowest BCUT2D eigenvalue weighted by atomic mass is 10.1. The Morgan fingerprint density at radius 2 is 0.918 bits per heavy atom. The van der Waals surface area contributed by atoms with Crippen LogP contribution in [0.15, 0.2) is 85.1 Å². The molecule has 8 nitrogen and oxygen atoms in total. The Morgan fingerprint density at radius 1 is 0.508 bits per heavy atom. The summed E-state index contributed by atoms with van der Waals surface area (Å²) in [6.07, 6.45) is 63.2. The number of hydrogen-bond donors (Lipinski definition) is 2.